The zero-order valence-corrected chi connectivity index (χ0v) is 11.4. The lowest BCUT2D eigenvalue weighted by molar-refractivity contribution is -0.115. The monoisotopic (exact) mass is 305 g/mol. The van der Waals surface area contributed by atoms with Gasteiger partial charge in [0.1, 0.15) is 0 Å². The van der Waals surface area contributed by atoms with E-state index in [0.29, 0.717) is 12.4 Å². The fourth-order valence-electron chi connectivity index (χ4n) is 1.47. The summed E-state index contributed by atoms with van der Waals surface area (Å²) in [5, 5.41) is 2.67. The number of halogens is 1. The Morgan fingerprint density at radius 3 is 2.67 bits per heavy atom. The van der Waals surface area contributed by atoms with Gasteiger partial charge in [-0.2, -0.15) is 0 Å². The molecule has 0 atom stereocenters. The van der Waals surface area contributed by atoms with E-state index >= 15 is 0 Å². The first-order chi connectivity index (χ1) is 8.63. The van der Waals surface area contributed by atoms with Crippen molar-refractivity contribution in [3.05, 3.63) is 52.3 Å². The Kier molecular flexibility index (Phi) is 4.04. The summed E-state index contributed by atoms with van der Waals surface area (Å²) >= 11 is 3.35. The molecule has 0 aliphatic carbocycles. The molecule has 1 heterocycles. The van der Waals surface area contributed by atoms with Crippen molar-refractivity contribution < 1.29 is 4.79 Å². The van der Waals surface area contributed by atoms with E-state index in [9.17, 15) is 4.79 Å². The maximum atomic E-state index is 11.8. The normalized spacial score (nSPS) is 10.1. The van der Waals surface area contributed by atoms with Crippen LogP contribution in [-0.4, -0.2) is 15.9 Å². The van der Waals surface area contributed by atoms with Crippen LogP contribution in [0.5, 0.6) is 0 Å². The fraction of sp³-hybridized carbons (Fsp3) is 0.154. The second kappa shape index (κ2) is 5.73. The highest BCUT2D eigenvalue weighted by atomic mass is 79.9. The van der Waals surface area contributed by atoms with Crippen LogP contribution in [0.1, 0.15) is 11.3 Å². The van der Waals surface area contributed by atoms with Crippen LogP contribution in [0, 0.1) is 6.92 Å². The molecule has 0 aliphatic heterocycles. The van der Waals surface area contributed by atoms with Gasteiger partial charge in [0.15, 0.2) is 0 Å². The molecule has 0 fully saturated rings. The number of aryl methyl sites for hydroxylation is 1. The maximum absolute atomic E-state index is 11.8. The standard InChI is InChI=1S/C13H12BrN3O/c1-9-6-7-15-13(16-9)17-12(18)8-10-2-4-11(14)5-3-10/h2-7H,8H2,1H3,(H,15,16,17,18). The Morgan fingerprint density at radius 2 is 2.00 bits per heavy atom. The molecule has 92 valence electrons. The topological polar surface area (TPSA) is 54.9 Å². The summed E-state index contributed by atoms with van der Waals surface area (Å²) in [5.41, 5.74) is 1.77. The maximum Gasteiger partial charge on any atom is 0.231 e. The highest BCUT2D eigenvalue weighted by Gasteiger charge is 2.05. The van der Waals surface area contributed by atoms with Crippen LogP contribution >= 0.6 is 15.9 Å². The molecule has 0 unspecified atom stereocenters. The minimum atomic E-state index is -0.122. The van der Waals surface area contributed by atoms with Crippen molar-refractivity contribution in [2.45, 2.75) is 13.3 Å². The number of benzene rings is 1. The number of amides is 1. The number of anilines is 1. The number of hydrogen-bond acceptors (Lipinski definition) is 3. The smallest absolute Gasteiger partial charge is 0.231 e. The number of nitrogens with zero attached hydrogens (tertiary/aromatic N) is 2. The van der Waals surface area contributed by atoms with Crippen molar-refractivity contribution in [2.24, 2.45) is 0 Å². The number of carbonyl (C=O) groups is 1. The SMILES string of the molecule is Cc1ccnc(NC(=O)Cc2ccc(Br)cc2)n1. The summed E-state index contributed by atoms with van der Waals surface area (Å²) in [7, 11) is 0. The quantitative estimate of drug-likeness (QED) is 0.948. The van der Waals surface area contributed by atoms with Crippen LogP contribution in [0.3, 0.4) is 0 Å². The van der Waals surface area contributed by atoms with Crippen molar-refractivity contribution in [3.63, 3.8) is 0 Å². The number of rotatable bonds is 3. The fourth-order valence-corrected chi connectivity index (χ4v) is 1.73. The first-order valence-electron chi connectivity index (χ1n) is 5.47. The van der Waals surface area contributed by atoms with Gasteiger partial charge in [0, 0.05) is 16.4 Å². The third-order valence-electron chi connectivity index (χ3n) is 2.32. The average molecular weight is 306 g/mol. The molecular formula is C13H12BrN3O. The van der Waals surface area contributed by atoms with Crippen molar-refractivity contribution in [1.29, 1.82) is 0 Å². The van der Waals surface area contributed by atoms with Crippen molar-refractivity contribution in [1.82, 2.24) is 9.97 Å². The lowest BCUT2D eigenvalue weighted by Crippen LogP contribution is -2.16. The summed E-state index contributed by atoms with van der Waals surface area (Å²) in [6, 6.07) is 9.41. The van der Waals surface area contributed by atoms with Crippen molar-refractivity contribution in [2.75, 3.05) is 5.32 Å². The van der Waals surface area contributed by atoms with Crippen molar-refractivity contribution >= 4 is 27.8 Å². The van der Waals surface area contributed by atoms with Gasteiger partial charge >= 0.3 is 0 Å². The number of nitrogens with one attached hydrogen (secondary N) is 1. The number of carbonyl (C=O) groups excluding carboxylic acids is 1. The molecule has 18 heavy (non-hydrogen) atoms. The van der Waals surface area contributed by atoms with E-state index in [0.717, 1.165) is 15.7 Å². The van der Waals surface area contributed by atoms with Crippen LogP contribution in [0.4, 0.5) is 5.95 Å². The highest BCUT2D eigenvalue weighted by Crippen LogP contribution is 2.11. The molecule has 0 radical (unpaired) electrons. The molecule has 1 aromatic carbocycles. The third kappa shape index (κ3) is 3.63. The predicted octanol–water partition coefficient (Wildman–Crippen LogP) is 2.73. The zero-order valence-electron chi connectivity index (χ0n) is 9.85. The highest BCUT2D eigenvalue weighted by molar-refractivity contribution is 9.10. The minimum absolute atomic E-state index is 0.122. The Morgan fingerprint density at radius 1 is 1.28 bits per heavy atom. The molecule has 4 nitrogen and oxygen atoms in total. The van der Waals surface area contributed by atoms with E-state index in [1.165, 1.54) is 0 Å². The van der Waals surface area contributed by atoms with Gasteiger partial charge in [0.05, 0.1) is 6.42 Å². The van der Waals surface area contributed by atoms with Gasteiger partial charge in [0.2, 0.25) is 11.9 Å². The Balaban J connectivity index is 1.98. The minimum Gasteiger partial charge on any atom is -0.294 e. The van der Waals surface area contributed by atoms with E-state index in [1.807, 2.05) is 31.2 Å². The van der Waals surface area contributed by atoms with Gasteiger partial charge in [-0.1, -0.05) is 28.1 Å². The molecule has 1 N–H and O–H groups in total. The summed E-state index contributed by atoms with van der Waals surface area (Å²) in [6.45, 7) is 1.85. The summed E-state index contributed by atoms with van der Waals surface area (Å²) < 4.78 is 0.994. The molecule has 0 saturated heterocycles. The molecule has 0 aliphatic rings. The summed E-state index contributed by atoms with van der Waals surface area (Å²) in [5.74, 6) is 0.222. The molecule has 1 aromatic heterocycles. The van der Waals surface area contributed by atoms with E-state index < -0.39 is 0 Å². The van der Waals surface area contributed by atoms with Crippen LogP contribution in [0.25, 0.3) is 0 Å². The Hall–Kier alpha value is -1.75. The molecule has 0 saturated carbocycles. The molecule has 5 heteroatoms. The summed E-state index contributed by atoms with van der Waals surface area (Å²) in [4.78, 5) is 19.9. The van der Waals surface area contributed by atoms with Crippen molar-refractivity contribution in [3.8, 4) is 0 Å². The van der Waals surface area contributed by atoms with Gasteiger partial charge < -0.3 is 0 Å². The van der Waals surface area contributed by atoms with Gasteiger partial charge in [-0.05, 0) is 30.7 Å². The summed E-state index contributed by atoms with van der Waals surface area (Å²) in [6.07, 6.45) is 1.93. The molecule has 0 spiro atoms. The van der Waals surface area contributed by atoms with E-state index in [2.05, 4.69) is 31.2 Å². The van der Waals surface area contributed by atoms with Crippen LogP contribution in [0.2, 0.25) is 0 Å². The lowest BCUT2D eigenvalue weighted by Gasteiger charge is -2.04. The average Bonchev–Trinajstić information content (AvgIpc) is 2.32. The molecule has 2 aromatic rings. The Labute approximate surface area is 114 Å². The second-order valence-electron chi connectivity index (χ2n) is 3.87. The van der Waals surface area contributed by atoms with Crippen LogP contribution < -0.4 is 5.32 Å². The van der Waals surface area contributed by atoms with Gasteiger partial charge in [-0.25, -0.2) is 9.97 Å². The molecule has 2 rings (SSSR count). The zero-order chi connectivity index (χ0) is 13.0. The van der Waals surface area contributed by atoms with Gasteiger partial charge in [-0.15, -0.1) is 0 Å². The molecular weight excluding hydrogens is 294 g/mol. The van der Waals surface area contributed by atoms with E-state index in [1.54, 1.807) is 12.3 Å². The first-order valence-corrected chi connectivity index (χ1v) is 6.27. The number of hydrogen-bond donors (Lipinski definition) is 1. The number of aromatic nitrogens is 2. The third-order valence-corrected chi connectivity index (χ3v) is 2.85. The van der Waals surface area contributed by atoms with Gasteiger partial charge in [0.25, 0.3) is 0 Å². The van der Waals surface area contributed by atoms with E-state index in [4.69, 9.17) is 0 Å². The predicted molar refractivity (Wildman–Crippen MR) is 73.2 cm³/mol. The largest absolute Gasteiger partial charge is 0.294 e. The molecule has 1 amide bonds. The van der Waals surface area contributed by atoms with Crippen LogP contribution in [-0.2, 0) is 11.2 Å². The van der Waals surface area contributed by atoms with Gasteiger partial charge in [-0.3, -0.25) is 10.1 Å². The van der Waals surface area contributed by atoms with Crippen LogP contribution in [0.15, 0.2) is 41.0 Å². The first kappa shape index (κ1) is 12.7. The Bertz CT molecular complexity index is 554. The lowest BCUT2D eigenvalue weighted by atomic mass is 10.1. The second-order valence-corrected chi connectivity index (χ2v) is 4.79. The molecule has 0 bridgehead atoms. The van der Waals surface area contributed by atoms with E-state index in [-0.39, 0.29) is 5.91 Å².